The molecule has 0 spiro atoms. The number of nitro groups is 1. The summed E-state index contributed by atoms with van der Waals surface area (Å²) in [6, 6.07) is 7.31. The van der Waals surface area contributed by atoms with E-state index in [2.05, 4.69) is 20.9 Å². The number of rotatable bonds is 10. The number of hydrogen-bond acceptors (Lipinski definition) is 9. The lowest BCUT2D eigenvalue weighted by molar-refractivity contribution is -0.385. The van der Waals surface area contributed by atoms with E-state index in [4.69, 9.17) is 4.18 Å². The molecular formula is C19H23BrN4O7S2. The number of alkyl halides is 1. The Morgan fingerprint density at radius 1 is 1.24 bits per heavy atom. The first kappa shape index (κ1) is 25.5. The molecule has 0 aliphatic carbocycles. The van der Waals surface area contributed by atoms with E-state index in [0.29, 0.717) is 24.0 Å². The highest BCUT2D eigenvalue weighted by molar-refractivity contribution is 9.09. The van der Waals surface area contributed by atoms with Crippen LogP contribution in [0, 0.1) is 10.1 Å². The van der Waals surface area contributed by atoms with Crippen molar-refractivity contribution in [1.29, 1.82) is 0 Å². The lowest BCUT2D eigenvalue weighted by Crippen LogP contribution is -2.38. The van der Waals surface area contributed by atoms with Gasteiger partial charge in [0.05, 0.1) is 35.7 Å². The number of fused-ring (bicyclic) bond motifs is 1. The Balaban J connectivity index is 2.01. The average Bonchev–Trinajstić information content (AvgIpc) is 2.77. The highest BCUT2D eigenvalue weighted by Gasteiger charge is 2.33. The SMILES string of the molecule is CS(=O)(=O)OCCN(CCBr)c1ccc([N+](=O)[O-])cc1S(=O)(=O)N1CCc2cccnc2C1. The van der Waals surface area contributed by atoms with E-state index < -0.39 is 25.1 Å². The molecule has 33 heavy (non-hydrogen) atoms. The summed E-state index contributed by atoms with van der Waals surface area (Å²) in [6.07, 6.45) is 2.99. The Hall–Kier alpha value is -2.13. The molecule has 1 aliphatic rings. The van der Waals surface area contributed by atoms with Crippen molar-refractivity contribution in [3.8, 4) is 0 Å². The Kier molecular flexibility index (Phi) is 8.05. The summed E-state index contributed by atoms with van der Waals surface area (Å²) in [5.74, 6) is 0. The van der Waals surface area contributed by atoms with Crippen LogP contribution < -0.4 is 4.90 Å². The van der Waals surface area contributed by atoms with Crippen molar-refractivity contribution in [2.75, 3.05) is 42.7 Å². The minimum atomic E-state index is -4.14. The molecule has 0 amide bonds. The van der Waals surface area contributed by atoms with Crippen LogP contribution in [0.25, 0.3) is 0 Å². The number of hydrogen-bond donors (Lipinski definition) is 0. The lowest BCUT2D eigenvalue weighted by atomic mass is 10.1. The van der Waals surface area contributed by atoms with Crippen LogP contribution in [0.2, 0.25) is 0 Å². The molecule has 1 aliphatic heterocycles. The Morgan fingerprint density at radius 3 is 2.67 bits per heavy atom. The molecule has 0 N–H and O–H groups in total. The Labute approximate surface area is 200 Å². The molecule has 3 rings (SSSR count). The number of nitrogens with zero attached hydrogens (tertiary/aromatic N) is 4. The maximum atomic E-state index is 13.6. The van der Waals surface area contributed by atoms with Crippen molar-refractivity contribution in [2.24, 2.45) is 0 Å². The zero-order valence-electron chi connectivity index (χ0n) is 17.8. The molecule has 0 radical (unpaired) electrons. The Morgan fingerprint density at radius 2 is 2.00 bits per heavy atom. The van der Waals surface area contributed by atoms with Gasteiger partial charge in [-0.1, -0.05) is 22.0 Å². The van der Waals surface area contributed by atoms with E-state index in [9.17, 15) is 26.9 Å². The molecule has 2 aromatic rings. The molecular weight excluding hydrogens is 540 g/mol. The number of anilines is 1. The second kappa shape index (κ2) is 10.4. The van der Waals surface area contributed by atoms with Crippen LogP contribution in [0.5, 0.6) is 0 Å². The average molecular weight is 563 g/mol. The fourth-order valence-corrected chi connectivity index (χ4v) is 5.95. The summed E-state index contributed by atoms with van der Waals surface area (Å²) in [6.45, 7) is 0.430. The number of benzene rings is 1. The van der Waals surface area contributed by atoms with Gasteiger partial charge in [-0.2, -0.15) is 12.7 Å². The second-order valence-corrected chi connectivity index (χ2v) is 11.7. The first-order valence-corrected chi connectivity index (χ1v) is 14.3. The molecule has 0 fully saturated rings. The van der Waals surface area contributed by atoms with Crippen molar-refractivity contribution < 1.29 is 25.9 Å². The first-order valence-electron chi connectivity index (χ1n) is 9.89. The summed E-state index contributed by atoms with van der Waals surface area (Å²) in [5, 5.41) is 11.8. The monoisotopic (exact) mass is 562 g/mol. The van der Waals surface area contributed by atoms with Gasteiger partial charge < -0.3 is 4.90 Å². The van der Waals surface area contributed by atoms with Crippen LogP contribution >= 0.6 is 15.9 Å². The van der Waals surface area contributed by atoms with Gasteiger partial charge in [0, 0.05) is 43.3 Å². The lowest BCUT2D eigenvalue weighted by Gasteiger charge is -2.30. The quantitative estimate of drug-likeness (QED) is 0.184. The highest BCUT2D eigenvalue weighted by atomic mass is 79.9. The van der Waals surface area contributed by atoms with Gasteiger partial charge in [0.1, 0.15) is 4.90 Å². The normalized spacial score (nSPS) is 14.6. The van der Waals surface area contributed by atoms with Gasteiger partial charge in [-0.3, -0.25) is 19.3 Å². The van der Waals surface area contributed by atoms with Gasteiger partial charge in [0.15, 0.2) is 0 Å². The van der Waals surface area contributed by atoms with Crippen molar-refractivity contribution in [3.63, 3.8) is 0 Å². The number of halogens is 1. The molecule has 0 unspecified atom stereocenters. The fraction of sp³-hybridized carbons (Fsp3) is 0.421. The van der Waals surface area contributed by atoms with E-state index in [-0.39, 0.29) is 42.5 Å². The van der Waals surface area contributed by atoms with E-state index in [1.54, 1.807) is 17.2 Å². The van der Waals surface area contributed by atoms with E-state index in [1.807, 2.05) is 6.07 Å². The molecule has 0 saturated carbocycles. The molecule has 180 valence electrons. The second-order valence-electron chi connectivity index (χ2n) is 7.31. The van der Waals surface area contributed by atoms with Crippen LogP contribution in [-0.2, 0) is 37.3 Å². The van der Waals surface area contributed by atoms with Gasteiger partial charge >= 0.3 is 0 Å². The van der Waals surface area contributed by atoms with Crippen molar-refractivity contribution in [3.05, 3.63) is 57.9 Å². The van der Waals surface area contributed by atoms with Crippen molar-refractivity contribution in [2.45, 2.75) is 17.9 Å². The molecule has 0 saturated heterocycles. The van der Waals surface area contributed by atoms with Gasteiger partial charge in [0.2, 0.25) is 10.0 Å². The molecule has 0 atom stereocenters. The third kappa shape index (κ3) is 6.26. The van der Waals surface area contributed by atoms with Gasteiger partial charge in [0.25, 0.3) is 15.8 Å². The summed E-state index contributed by atoms with van der Waals surface area (Å²) in [7, 11) is -7.82. The van der Waals surface area contributed by atoms with E-state index >= 15 is 0 Å². The standard InChI is InChI=1S/C19H23BrN4O7S2/c1-32(27,28)31-12-11-22(10-7-20)18-5-4-16(24(25)26)13-19(18)33(29,30)23-9-6-15-3-2-8-21-17(15)14-23/h2-5,8,13H,6-7,9-12,14H2,1H3. The van der Waals surface area contributed by atoms with Gasteiger partial charge in [-0.05, 0) is 24.1 Å². The number of pyridine rings is 1. The summed E-state index contributed by atoms with van der Waals surface area (Å²) in [4.78, 5) is 16.4. The van der Waals surface area contributed by atoms with Gasteiger partial charge in [-0.15, -0.1) is 0 Å². The van der Waals surface area contributed by atoms with Crippen LogP contribution in [0.15, 0.2) is 41.4 Å². The van der Waals surface area contributed by atoms with Crippen molar-refractivity contribution in [1.82, 2.24) is 9.29 Å². The fourth-order valence-electron chi connectivity index (χ4n) is 3.51. The molecule has 0 bridgehead atoms. The van der Waals surface area contributed by atoms with Crippen LogP contribution in [0.4, 0.5) is 11.4 Å². The highest BCUT2D eigenvalue weighted by Crippen LogP contribution is 2.33. The smallest absolute Gasteiger partial charge is 0.270 e. The minimum Gasteiger partial charge on any atom is -0.367 e. The van der Waals surface area contributed by atoms with E-state index in [0.717, 1.165) is 17.9 Å². The van der Waals surface area contributed by atoms with Crippen LogP contribution in [-0.4, -0.2) is 68.9 Å². The minimum absolute atomic E-state index is 0.0519. The van der Waals surface area contributed by atoms with Crippen molar-refractivity contribution >= 4 is 47.4 Å². The Bertz CT molecular complexity index is 1240. The zero-order chi connectivity index (χ0) is 24.2. The largest absolute Gasteiger partial charge is 0.367 e. The molecule has 14 heteroatoms. The molecule has 1 aromatic carbocycles. The number of nitro benzene ring substituents is 1. The topological polar surface area (TPSA) is 140 Å². The predicted molar refractivity (Wildman–Crippen MR) is 125 cm³/mol. The number of non-ortho nitro benzene ring substituents is 1. The number of aromatic nitrogens is 1. The summed E-state index contributed by atoms with van der Waals surface area (Å²) < 4.78 is 56.0. The predicted octanol–water partition coefficient (Wildman–Crippen LogP) is 1.91. The molecule has 2 heterocycles. The third-order valence-electron chi connectivity index (χ3n) is 5.07. The van der Waals surface area contributed by atoms with Crippen LogP contribution in [0.3, 0.4) is 0 Å². The molecule has 11 nitrogen and oxygen atoms in total. The molecule has 1 aromatic heterocycles. The third-order valence-corrected chi connectivity index (χ3v) is 7.89. The number of sulfonamides is 1. The summed E-state index contributed by atoms with van der Waals surface area (Å²) >= 11 is 3.31. The maximum absolute atomic E-state index is 13.6. The first-order chi connectivity index (χ1) is 15.5. The maximum Gasteiger partial charge on any atom is 0.270 e. The van der Waals surface area contributed by atoms with Crippen LogP contribution in [0.1, 0.15) is 11.3 Å². The zero-order valence-corrected chi connectivity index (χ0v) is 21.0. The van der Waals surface area contributed by atoms with Gasteiger partial charge in [-0.25, -0.2) is 8.42 Å². The summed E-state index contributed by atoms with van der Waals surface area (Å²) in [5.41, 5.74) is 1.46. The van der Waals surface area contributed by atoms with E-state index in [1.165, 1.54) is 16.4 Å².